The Balaban J connectivity index is 2.14. The molecule has 0 saturated carbocycles. The Morgan fingerprint density at radius 1 is 0.967 bits per heavy atom. The molecule has 2 aromatic carbocycles. The van der Waals surface area contributed by atoms with Gasteiger partial charge in [-0.3, -0.25) is 4.79 Å². The third-order valence-electron chi connectivity index (χ3n) is 4.40. The van der Waals surface area contributed by atoms with E-state index in [9.17, 15) is 10.1 Å². The van der Waals surface area contributed by atoms with E-state index in [1.807, 2.05) is 19.1 Å². The van der Waals surface area contributed by atoms with Crippen LogP contribution in [0.1, 0.15) is 18.5 Å². The Morgan fingerprint density at radius 2 is 1.67 bits per heavy atom. The lowest BCUT2D eigenvalue weighted by Gasteiger charge is -2.16. The molecule has 1 atom stereocenters. The van der Waals surface area contributed by atoms with Gasteiger partial charge in [-0.1, -0.05) is 6.07 Å². The molecule has 8 heteroatoms. The van der Waals surface area contributed by atoms with Crippen LogP contribution in [0.5, 0.6) is 23.0 Å². The summed E-state index contributed by atoms with van der Waals surface area (Å²) < 4.78 is 21.0. The molecule has 2 rings (SSSR count). The molecule has 0 aliphatic carbocycles. The monoisotopic (exact) mass is 411 g/mol. The van der Waals surface area contributed by atoms with E-state index in [2.05, 4.69) is 10.6 Å². The number of amides is 1. The van der Waals surface area contributed by atoms with Gasteiger partial charge >= 0.3 is 0 Å². The lowest BCUT2D eigenvalue weighted by atomic mass is 10.1. The Morgan fingerprint density at radius 3 is 2.27 bits per heavy atom. The van der Waals surface area contributed by atoms with Crippen molar-refractivity contribution in [3.63, 3.8) is 0 Å². The standard InChI is InChI=1S/C22H25N3O5/c1-14(15-6-9-19(28-3)21(10-15)30-5)25-22(26)16(12-23)13-24-18-8-7-17(27-2)11-20(18)29-4/h6-11,13-14,24H,1-5H3,(H,25,26)/b16-13-. The highest BCUT2D eigenvalue weighted by Crippen LogP contribution is 2.30. The third-order valence-corrected chi connectivity index (χ3v) is 4.40. The first-order valence-corrected chi connectivity index (χ1v) is 9.09. The number of anilines is 1. The number of hydrogen-bond acceptors (Lipinski definition) is 7. The molecule has 0 spiro atoms. The maximum absolute atomic E-state index is 12.6. The average Bonchev–Trinajstić information content (AvgIpc) is 2.78. The summed E-state index contributed by atoms with van der Waals surface area (Å²) in [5.74, 6) is 1.78. The second-order valence-corrected chi connectivity index (χ2v) is 6.19. The molecule has 0 aliphatic rings. The molecule has 1 unspecified atom stereocenters. The highest BCUT2D eigenvalue weighted by molar-refractivity contribution is 5.97. The molecule has 0 fully saturated rings. The van der Waals surface area contributed by atoms with Gasteiger partial charge in [0.05, 0.1) is 40.2 Å². The van der Waals surface area contributed by atoms with Crippen LogP contribution in [0.3, 0.4) is 0 Å². The fraction of sp³-hybridized carbons (Fsp3) is 0.273. The predicted molar refractivity (Wildman–Crippen MR) is 113 cm³/mol. The summed E-state index contributed by atoms with van der Waals surface area (Å²) >= 11 is 0. The van der Waals surface area contributed by atoms with Crippen molar-refractivity contribution in [2.45, 2.75) is 13.0 Å². The number of nitrogens with zero attached hydrogens (tertiary/aromatic N) is 1. The van der Waals surface area contributed by atoms with E-state index in [-0.39, 0.29) is 11.6 Å². The van der Waals surface area contributed by atoms with Gasteiger partial charge in [0.2, 0.25) is 0 Å². The van der Waals surface area contributed by atoms with Crippen molar-refractivity contribution >= 4 is 11.6 Å². The van der Waals surface area contributed by atoms with Gasteiger partial charge in [0.1, 0.15) is 23.1 Å². The van der Waals surface area contributed by atoms with Crippen molar-refractivity contribution in [1.82, 2.24) is 5.32 Å². The third kappa shape index (κ3) is 5.35. The van der Waals surface area contributed by atoms with Crippen molar-refractivity contribution in [2.24, 2.45) is 0 Å². The van der Waals surface area contributed by atoms with E-state index in [1.165, 1.54) is 13.3 Å². The molecule has 0 heterocycles. The van der Waals surface area contributed by atoms with Gasteiger partial charge in [-0.25, -0.2) is 0 Å². The molecule has 0 radical (unpaired) electrons. The van der Waals surface area contributed by atoms with Crippen LogP contribution in [0, 0.1) is 11.3 Å². The minimum atomic E-state index is -0.514. The number of carbonyl (C=O) groups excluding carboxylic acids is 1. The molecular weight excluding hydrogens is 386 g/mol. The zero-order chi connectivity index (χ0) is 22.1. The number of hydrogen-bond donors (Lipinski definition) is 2. The van der Waals surface area contributed by atoms with Gasteiger partial charge in [-0.05, 0) is 36.8 Å². The van der Waals surface area contributed by atoms with E-state index < -0.39 is 5.91 Å². The number of nitriles is 1. The summed E-state index contributed by atoms with van der Waals surface area (Å²) in [4.78, 5) is 12.6. The Kier molecular flexibility index (Phi) is 7.94. The van der Waals surface area contributed by atoms with Crippen LogP contribution >= 0.6 is 0 Å². The topological polar surface area (TPSA) is 102 Å². The van der Waals surface area contributed by atoms with E-state index in [4.69, 9.17) is 18.9 Å². The molecule has 2 N–H and O–H groups in total. The summed E-state index contributed by atoms with van der Waals surface area (Å²) in [6.07, 6.45) is 1.33. The number of methoxy groups -OCH3 is 4. The largest absolute Gasteiger partial charge is 0.497 e. The molecule has 158 valence electrons. The van der Waals surface area contributed by atoms with Gasteiger partial charge in [0.25, 0.3) is 5.91 Å². The molecular formula is C22H25N3O5. The van der Waals surface area contributed by atoms with Crippen LogP contribution < -0.4 is 29.6 Å². The van der Waals surface area contributed by atoms with Crippen molar-refractivity contribution in [3.8, 4) is 29.1 Å². The summed E-state index contributed by atoms with van der Waals surface area (Å²) in [6, 6.07) is 12.1. The highest BCUT2D eigenvalue weighted by atomic mass is 16.5. The minimum Gasteiger partial charge on any atom is -0.497 e. The summed E-state index contributed by atoms with van der Waals surface area (Å²) in [7, 11) is 6.17. The normalized spacial score (nSPS) is 11.7. The predicted octanol–water partition coefficient (Wildman–Crippen LogP) is 3.42. The van der Waals surface area contributed by atoms with Crippen molar-refractivity contribution < 1.29 is 23.7 Å². The fourth-order valence-electron chi connectivity index (χ4n) is 2.70. The quantitative estimate of drug-likeness (QED) is 0.481. The second kappa shape index (κ2) is 10.6. The number of benzene rings is 2. The maximum Gasteiger partial charge on any atom is 0.263 e. The second-order valence-electron chi connectivity index (χ2n) is 6.19. The highest BCUT2D eigenvalue weighted by Gasteiger charge is 2.16. The molecule has 0 aliphatic heterocycles. The number of nitrogens with one attached hydrogen (secondary N) is 2. The van der Waals surface area contributed by atoms with Crippen LogP contribution in [0.4, 0.5) is 5.69 Å². The zero-order valence-corrected chi connectivity index (χ0v) is 17.6. The van der Waals surface area contributed by atoms with Crippen LogP contribution in [-0.4, -0.2) is 34.3 Å². The Labute approximate surface area is 176 Å². The van der Waals surface area contributed by atoms with Crippen molar-refractivity contribution in [3.05, 3.63) is 53.7 Å². The zero-order valence-electron chi connectivity index (χ0n) is 17.6. The molecule has 2 aromatic rings. The molecule has 30 heavy (non-hydrogen) atoms. The van der Waals surface area contributed by atoms with Crippen LogP contribution in [0.2, 0.25) is 0 Å². The fourth-order valence-corrected chi connectivity index (χ4v) is 2.70. The SMILES string of the molecule is COc1ccc(N/C=C(/C#N)C(=O)NC(C)c2ccc(OC)c(OC)c2)c(OC)c1. The van der Waals surface area contributed by atoms with Gasteiger partial charge in [0.15, 0.2) is 11.5 Å². The minimum absolute atomic E-state index is 0.0832. The van der Waals surface area contributed by atoms with Crippen LogP contribution in [-0.2, 0) is 4.79 Å². The molecule has 0 aromatic heterocycles. The average molecular weight is 411 g/mol. The summed E-state index contributed by atoms with van der Waals surface area (Å²) in [5.41, 5.74) is 1.31. The van der Waals surface area contributed by atoms with Gasteiger partial charge in [-0.15, -0.1) is 0 Å². The van der Waals surface area contributed by atoms with Gasteiger partial charge in [0, 0.05) is 12.3 Å². The van der Waals surface area contributed by atoms with E-state index in [0.717, 1.165) is 5.56 Å². The van der Waals surface area contributed by atoms with E-state index >= 15 is 0 Å². The molecule has 8 nitrogen and oxygen atoms in total. The van der Waals surface area contributed by atoms with E-state index in [0.29, 0.717) is 28.7 Å². The first-order chi connectivity index (χ1) is 14.5. The van der Waals surface area contributed by atoms with Gasteiger partial charge < -0.3 is 29.6 Å². The van der Waals surface area contributed by atoms with Crippen molar-refractivity contribution in [2.75, 3.05) is 33.8 Å². The maximum atomic E-state index is 12.6. The molecule has 0 saturated heterocycles. The smallest absolute Gasteiger partial charge is 0.263 e. The van der Waals surface area contributed by atoms with Crippen LogP contribution in [0.15, 0.2) is 48.2 Å². The first-order valence-electron chi connectivity index (χ1n) is 9.09. The Bertz CT molecular complexity index is 966. The number of ether oxygens (including phenoxy) is 4. The Hall–Kier alpha value is -3.86. The van der Waals surface area contributed by atoms with Gasteiger partial charge in [-0.2, -0.15) is 5.26 Å². The summed E-state index contributed by atoms with van der Waals surface area (Å²) in [5, 5.41) is 15.1. The number of carbonyl (C=O) groups is 1. The molecule has 0 bridgehead atoms. The lowest BCUT2D eigenvalue weighted by Crippen LogP contribution is -2.28. The van der Waals surface area contributed by atoms with Crippen LogP contribution in [0.25, 0.3) is 0 Å². The van der Waals surface area contributed by atoms with Crippen molar-refractivity contribution in [1.29, 1.82) is 5.26 Å². The summed E-state index contributed by atoms with van der Waals surface area (Å²) in [6.45, 7) is 1.81. The first kappa shape index (κ1) is 22.4. The lowest BCUT2D eigenvalue weighted by molar-refractivity contribution is -0.117. The van der Waals surface area contributed by atoms with E-state index in [1.54, 1.807) is 51.7 Å². The molecule has 1 amide bonds. The number of rotatable bonds is 9.